The zero-order valence-corrected chi connectivity index (χ0v) is 11.7. The Hall–Kier alpha value is -2.57. The first-order valence-corrected chi connectivity index (χ1v) is 6.49. The number of carbonyl (C=O) groups is 3. The molecule has 1 aliphatic heterocycles. The van der Waals surface area contributed by atoms with E-state index in [9.17, 15) is 19.5 Å². The molecule has 1 aliphatic rings. The van der Waals surface area contributed by atoms with E-state index in [2.05, 4.69) is 0 Å². The Bertz CT molecular complexity index is 587. The van der Waals surface area contributed by atoms with Crippen molar-refractivity contribution in [2.75, 3.05) is 13.6 Å². The van der Waals surface area contributed by atoms with E-state index in [0.717, 1.165) is 16.0 Å². The average Bonchev–Trinajstić information content (AvgIpc) is 2.44. The average molecular weight is 291 g/mol. The van der Waals surface area contributed by atoms with Crippen LogP contribution in [-0.4, -0.2) is 52.4 Å². The standard InChI is InChI=1S/C14H17N3O4/c1-16(8-12(15)18)14(21)17-7-10-5-3-2-4-9(10)6-11(17)13(19)20/h2-5,11H,6-8H2,1H3,(H2,15,18)(H,19,20). The maximum atomic E-state index is 12.3. The van der Waals surface area contributed by atoms with Gasteiger partial charge < -0.3 is 20.6 Å². The van der Waals surface area contributed by atoms with Crippen LogP contribution in [0.5, 0.6) is 0 Å². The quantitative estimate of drug-likeness (QED) is 0.820. The molecule has 1 aromatic rings. The molecule has 0 aliphatic carbocycles. The van der Waals surface area contributed by atoms with Gasteiger partial charge in [-0.1, -0.05) is 24.3 Å². The Kier molecular flexibility index (Phi) is 4.11. The molecule has 0 bridgehead atoms. The molecule has 0 spiro atoms. The van der Waals surface area contributed by atoms with Crippen molar-refractivity contribution in [3.05, 3.63) is 35.4 Å². The summed E-state index contributed by atoms with van der Waals surface area (Å²) in [5.41, 5.74) is 6.90. The smallest absolute Gasteiger partial charge is 0.326 e. The number of nitrogens with zero attached hydrogens (tertiary/aromatic N) is 2. The second-order valence-electron chi connectivity index (χ2n) is 5.06. The van der Waals surface area contributed by atoms with Crippen LogP contribution in [0.3, 0.4) is 0 Å². The number of carbonyl (C=O) groups excluding carboxylic acids is 2. The molecule has 0 aromatic heterocycles. The number of hydrogen-bond donors (Lipinski definition) is 2. The van der Waals surface area contributed by atoms with Gasteiger partial charge in [0.1, 0.15) is 12.6 Å². The molecule has 2 rings (SSSR count). The number of aliphatic carboxylic acids is 1. The van der Waals surface area contributed by atoms with Crippen LogP contribution in [0.2, 0.25) is 0 Å². The van der Waals surface area contributed by atoms with E-state index in [-0.39, 0.29) is 19.5 Å². The van der Waals surface area contributed by atoms with Crippen LogP contribution in [0.15, 0.2) is 24.3 Å². The van der Waals surface area contributed by atoms with Crippen LogP contribution in [0.4, 0.5) is 4.79 Å². The minimum Gasteiger partial charge on any atom is -0.480 e. The lowest BCUT2D eigenvalue weighted by atomic mass is 9.94. The summed E-state index contributed by atoms with van der Waals surface area (Å²) >= 11 is 0. The minimum absolute atomic E-state index is 0.203. The van der Waals surface area contributed by atoms with E-state index in [4.69, 9.17) is 5.73 Å². The van der Waals surface area contributed by atoms with Gasteiger partial charge in [-0.15, -0.1) is 0 Å². The molecule has 1 unspecified atom stereocenters. The highest BCUT2D eigenvalue weighted by Crippen LogP contribution is 2.24. The second-order valence-corrected chi connectivity index (χ2v) is 5.06. The normalized spacial score (nSPS) is 17.0. The van der Waals surface area contributed by atoms with Crippen molar-refractivity contribution in [2.45, 2.75) is 19.0 Å². The summed E-state index contributed by atoms with van der Waals surface area (Å²) in [7, 11) is 1.42. The molecule has 0 radical (unpaired) electrons. The van der Waals surface area contributed by atoms with Crippen molar-refractivity contribution in [1.29, 1.82) is 0 Å². The van der Waals surface area contributed by atoms with Crippen molar-refractivity contribution < 1.29 is 19.5 Å². The fourth-order valence-electron chi connectivity index (χ4n) is 2.47. The van der Waals surface area contributed by atoms with Gasteiger partial charge in [-0.05, 0) is 11.1 Å². The van der Waals surface area contributed by atoms with Crippen LogP contribution in [0, 0.1) is 0 Å². The lowest BCUT2D eigenvalue weighted by molar-refractivity contribution is -0.142. The number of carboxylic acids is 1. The van der Waals surface area contributed by atoms with Crippen molar-refractivity contribution in [3.8, 4) is 0 Å². The van der Waals surface area contributed by atoms with Crippen molar-refractivity contribution in [2.24, 2.45) is 5.73 Å². The van der Waals surface area contributed by atoms with E-state index < -0.39 is 23.9 Å². The van der Waals surface area contributed by atoms with Crippen LogP contribution in [0.25, 0.3) is 0 Å². The number of hydrogen-bond acceptors (Lipinski definition) is 3. The third-order valence-electron chi connectivity index (χ3n) is 3.50. The van der Waals surface area contributed by atoms with Crippen LogP contribution < -0.4 is 5.73 Å². The number of likely N-dealkylation sites (N-methyl/N-ethyl adjacent to an activating group) is 1. The molecule has 112 valence electrons. The molecule has 0 fully saturated rings. The van der Waals surface area contributed by atoms with Gasteiger partial charge >= 0.3 is 12.0 Å². The lowest BCUT2D eigenvalue weighted by Gasteiger charge is -2.36. The topological polar surface area (TPSA) is 104 Å². The third-order valence-corrected chi connectivity index (χ3v) is 3.50. The maximum absolute atomic E-state index is 12.3. The molecular weight excluding hydrogens is 274 g/mol. The van der Waals surface area contributed by atoms with Gasteiger partial charge in [-0.2, -0.15) is 0 Å². The Labute approximate surface area is 121 Å². The molecule has 21 heavy (non-hydrogen) atoms. The fraction of sp³-hybridized carbons (Fsp3) is 0.357. The summed E-state index contributed by atoms with van der Waals surface area (Å²) in [5.74, 6) is -1.71. The predicted octanol–water partition coefficient (Wildman–Crippen LogP) is 0.0350. The molecule has 7 nitrogen and oxygen atoms in total. The molecule has 1 heterocycles. The number of fused-ring (bicyclic) bond motifs is 1. The van der Waals surface area contributed by atoms with Gasteiger partial charge in [0.2, 0.25) is 5.91 Å². The summed E-state index contributed by atoms with van der Waals surface area (Å²) in [4.78, 5) is 37.1. The molecule has 0 saturated heterocycles. The van der Waals surface area contributed by atoms with E-state index in [1.807, 2.05) is 24.3 Å². The largest absolute Gasteiger partial charge is 0.480 e. The van der Waals surface area contributed by atoms with Gasteiger partial charge in [0.25, 0.3) is 0 Å². The number of amides is 3. The summed E-state index contributed by atoms with van der Waals surface area (Å²) in [6.07, 6.45) is 0.252. The summed E-state index contributed by atoms with van der Waals surface area (Å²) in [5, 5.41) is 9.34. The number of primary amides is 1. The monoisotopic (exact) mass is 291 g/mol. The number of carboxylic acid groups (broad SMARTS) is 1. The number of benzene rings is 1. The fourth-order valence-corrected chi connectivity index (χ4v) is 2.47. The zero-order valence-electron chi connectivity index (χ0n) is 11.7. The van der Waals surface area contributed by atoms with Gasteiger partial charge in [-0.25, -0.2) is 9.59 Å². The highest BCUT2D eigenvalue weighted by atomic mass is 16.4. The summed E-state index contributed by atoms with van der Waals surface area (Å²) in [6, 6.07) is 5.95. The summed E-state index contributed by atoms with van der Waals surface area (Å²) < 4.78 is 0. The van der Waals surface area contributed by atoms with E-state index in [1.165, 1.54) is 11.9 Å². The van der Waals surface area contributed by atoms with Gasteiger partial charge in [0.05, 0.1) is 0 Å². The molecular formula is C14H17N3O4. The first kappa shape index (κ1) is 14.8. The molecule has 1 atom stereocenters. The Morgan fingerprint density at radius 3 is 2.52 bits per heavy atom. The van der Waals surface area contributed by atoms with Crippen LogP contribution in [0.1, 0.15) is 11.1 Å². The maximum Gasteiger partial charge on any atom is 0.326 e. The first-order chi connectivity index (χ1) is 9.90. The highest BCUT2D eigenvalue weighted by Gasteiger charge is 2.35. The first-order valence-electron chi connectivity index (χ1n) is 6.49. The van der Waals surface area contributed by atoms with Gasteiger partial charge in [0, 0.05) is 20.0 Å². The van der Waals surface area contributed by atoms with E-state index >= 15 is 0 Å². The molecule has 1 aromatic carbocycles. The van der Waals surface area contributed by atoms with Crippen LogP contribution >= 0.6 is 0 Å². The van der Waals surface area contributed by atoms with Gasteiger partial charge in [-0.3, -0.25) is 4.79 Å². The van der Waals surface area contributed by atoms with E-state index in [1.54, 1.807) is 0 Å². The number of urea groups is 1. The van der Waals surface area contributed by atoms with Crippen molar-refractivity contribution >= 4 is 17.9 Å². The Morgan fingerprint density at radius 1 is 1.33 bits per heavy atom. The minimum atomic E-state index is -1.06. The predicted molar refractivity (Wildman–Crippen MR) is 74.3 cm³/mol. The van der Waals surface area contributed by atoms with E-state index in [0.29, 0.717) is 0 Å². The lowest BCUT2D eigenvalue weighted by Crippen LogP contribution is -2.53. The third kappa shape index (κ3) is 3.13. The Balaban J connectivity index is 2.26. The number of nitrogens with two attached hydrogens (primary N) is 1. The Morgan fingerprint density at radius 2 is 1.95 bits per heavy atom. The molecule has 7 heteroatoms. The molecule has 3 N–H and O–H groups in total. The molecule has 0 saturated carbocycles. The summed E-state index contributed by atoms with van der Waals surface area (Å²) in [6.45, 7) is -0.0433. The SMILES string of the molecule is CN(CC(N)=O)C(=O)N1Cc2ccccc2CC1C(=O)O. The second kappa shape index (κ2) is 5.82. The van der Waals surface area contributed by atoms with Crippen molar-refractivity contribution in [3.63, 3.8) is 0 Å². The van der Waals surface area contributed by atoms with Gasteiger partial charge in [0.15, 0.2) is 0 Å². The zero-order chi connectivity index (χ0) is 15.6. The van der Waals surface area contributed by atoms with Crippen molar-refractivity contribution in [1.82, 2.24) is 9.80 Å². The number of rotatable bonds is 3. The molecule has 3 amide bonds. The van der Waals surface area contributed by atoms with Crippen LogP contribution in [-0.2, 0) is 22.6 Å². The highest BCUT2D eigenvalue weighted by molar-refractivity contribution is 5.86.